The number of carboxylic acid groups (broad SMARTS) is 1. The summed E-state index contributed by atoms with van der Waals surface area (Å²) >= 11 is 0. The average Bonchev–Trinajstić information content (AvgIpc) is 2.28. The van der Waals surface area contributed by atoms with Crippen LogP contribution < -0.4 is 10.1 Å². The third-order valence-corrected chi connectivity index (χ3v) is 2.89. The number of nitrogens with one attached hydrogen (secondary N) is 1. The lowest BCUT2D eigenvalue weighted by Crippen LogP contribution is -2.23. The molecule has 0 unspecified atom stereocenters. The summed E-state index contributed by atoms with van der Waals surface area (Å²) < 4.78 is 5.27. The number of ether oxygens (including phenoxy) is 1. The van der Waals surface area contributed by atoms with Crippen LogP contribution in [-0.4, -0.2) is 24.7 Å². The van der Waals surface area contributed by atoms with E-state index in [0.717, 1.165) is 35.4 Å². The highest BCUT2D eigenvalue weighted by atomic mass is 16.5. The summed E-state index contributed by atoms with van der Waals surface area (Å²) in [6.45, 7) is 2.70. The number of carbonyl (C=O) groups is 1. The van der Waals surface area contributed by atoms with Crippen LogP contribution in [0.1, 0.15) is 16.7 Å². The van der Waals surface area contributed by atoms with Gasteiger partial charge in [0, 0.05) is 23.9 Å². The molecule has 17 heavy (non-hydrogen) atoms. The van der Waals surface area contributed by atoms with Crippen LogP contribution in [0.25, 0.3) is 5.70 Å². The molecule has 2 N–H and O–H groups in total. The van der Waals surface area contributed by atoms with Crippen LogP contribution in [0.4, 0.5) is 0 Å². The van der Waals surface area contributed by atoms with Crippen molar-refractivity contribution in [3.63, 3.8) is 0 Å². The standard InChI is InChI=1S/C13H15NO3/c1-8-5-10-9(6-12(8)17-2)3-4-14-11(10)7-13(15)16/h5-7,14H,3-4H2,1-2H3,(H,15,16). The number of methoxy groups -OCH3 is 1. The quantitative estimate of drug-likeness (QED) is 0.761. The zero-order valence-electron chi connectivity index (χ0n) is 9.91. The van der Waals surface area contributed by atoms with Crippen molar-refractivity contribution in [2.24, 2.45) is 0 Å². The predicted molar refractivity (Wildman–Crippen MR) is 65.1 cm³/mol. The van der Waals surface area contributed by atoms with Crippen molar-refractivity contribution in [3.8, 4) is 5.75 Å². The molecule has 0 aliphatic carbocycles. The minimum absolute atomic E-state index is 0.671. The number of benzene rings is 1. The number of carboxylic acids is 1. The lowest BCUT2D eigenvalue weighted by molar-refractivity contribution is -0.131. The monoisotopic (exact) mass is 233 g/mol. The van der Waals surface area contributed by atoms with E-state index in [9.17, 15) is 4.79 Å². The van der Waals surface area contributed by atoms with Gasteiger partial charge in [-0.25, -0.2) is 4.79 Å². The van der Waals surface area contributed by atoms with Crippen LogP contribution >= 0.6 is 0 Å². The van der Waals surface area contributed by atoms with Crippen LogP contribution in [0.2, 0.25) is 0 Å². The molecule has 1 aromatic rings. The fourth-order valence-electron chi connectivity index (χ4n) is 2.09. The molecule has 0 spiro atoms. The van der Waals surface area contributed by atoms with Crippen molar-refractivity contribution < 1.29 is 14.6 Å². The second kappa shape index (κ2) is 4.49. The molecule has 1 heterocycles. The first-order chi connectivity index (χ1) is 8.11. The second-order valence-corrected chi connectivity index (χ2v) is 4.05. The van der Waals surface area contributed by atoms with Gasteiger partial charge in [-0.1, -0.05) is 0 Å². The molecule has 0 aromatic heterocycles. The van der Waals surface area contributed by atoms with Gasteiger partial charge in [0.1, 0.15) is 5.75 Å². The molecule has 4 heteroatoms. The lowest BCUT2D eigenvalue weighted by atomic mass is 9.95. The van der Waals surface area contributed by atoms with Gasteiger partial charge in [0.25, 0.3) is 0 Å². The molecule has 1 aliphatic rings. The number of fused-ring (bicyclic) bond motifs is 1. The van der Waals surface area contributed by atoms with E-state index in [1.807, 2.05) is 19.1 Å². The van der Waals surface area contributed by atoms with Crippen molar-refractivity contribution in [1.82, 2.24) is 5.32 Å². The summed E-state index contributed by atoms with van der Waals surface area (Å²) in [6.07, 6.45) is 2.09. The summed E-state index contributed by atoms with van der Waals surface area (Å²) in [6, 6.07) is 3.95. The maximum absolute atomic E-state index is 10.7. The topological polar surface area (TPSA) is 58.6 Å². The van der Waals surface area contributed by atoms with E-state index >= 15 is 0 Å². The molecular weight excluding hydrogens is 218 g/mol. The van der Waals surface area contributed by atoms with E-state index in [2.05, 4.69) is 5.32 Å². The number of hydrogen-bond donors (Lipinski definition) is 2. The van der Waals surface area contributed by atoms with Crippen molar-refractivity contribution in [2.45, 2.75) is 13.3 Å². The fourth-order valence-corrected chi connectivity index (χ4v) is 2.09. The SMILES string of the molecule is COc1cc2c(cc1C)C(=CC(=O)O)NCC2. The Morgan fingerprint density at radius 2 is 2.29 bits per heavy atom. The Morgan fingerprint density at radius 3 is 2.94 bits per heavy atom. The highest BCUT2D eigenvalue weighted by molar-refractivity contribution is 5.90. The van der Waals surface area contributed by atoms with Gasteiger partial charge in [0.05, 0.1) is 7.11 Å². The summed E-state index contributed by atoms with van der Waals surface area (Å²) in [5.74, 6) is -0.0888. The van der Waals surface area contributed by atoms with Crippen LogP contribution in [-0.2, 0) is 11.2 Å². The number of rotatable bonds is 2. The lowest BCUT2D eigenvalue weighted by Gasteiger charge is -2.22. The van der Waals surface area contributed by atoms with Crippen LogP contribution in [0.15, 0.2) is 18.2 Å². The second-order valence-electron chi connectivity index (χ2n) is 4.05. The highest BCUT2D eigenvalue weighted by Crippen LogP contribution is 2.29. The van der Waals surface area contributed by atoms with Crippen LogP contribution in [0, 0.1) is 6.92 Å². The van der Waals surface area contributed by atoms with E-state index in [0.29, 0.717) is 5.70 Å². The van der Waals surface area contributed by atoms with Crippen LogP contribution in [0.3, 0.4) is 0 Å². The van der Waals surface area contributed by atoms with E-state index in [1.54, 1.807) is 7.11 Å². The molecular formula is C13H15NO3. The zero-order chi connectivity index (χ0) is 12.4. The van der Waals surface area contributed by atoms with E-state index in [-0.39, 0.29) is 0 Å². The number of aliphatic carboxylic acids is 1. The zero-order valence-corrected chi connectivity index (χ0v) is 9.91. The minimum atomic E-state index is -0.936. The van der Waals surface area contributed by atoms with Gasteiger partial charge in [-0.05, 0) is 36.6 Å². The van der Waals surface area contributed by atoms with Gasteiger partial charge in [-0.2, -0.15) is 0 Å². The Balaban J connectivity index is 2.52. The first-order valence-electron chi connectivity index (χ1n) is 5.48. The van der Waals surface area contributed by atoms with Gasteiger partial charge in [-0.3, -0.25) is 0 Å². The molecule has 1 aromatic carbocycles. The average molecular weight is 233 g/mol. The van der Waals surface area contributed by atoms with E-state index in [4.69, 9.17) is 9.84 Å². The Bertz CT molecular complexity index is 492. The molecule has 1 aliphatic heterocycles. The summed E-state index contributed by atoms with van der Waals surface area (Å²) in [4.78, 5) is 10.7. The molecule has 4 nitrogen and oxygen atoms in total. The Kier molecular flexibility index (Phi) is 3.04. The van der Waals surface area contributed by atoms with E-state index in [1.165, 1.54) is 6.08 Å². The fraction of sp³-hybridized carbons (Fsp3) is 0.308. The van der Waals surface area contributed by atoms with Crippen molar-refractivity contribution in [3.05, 3.63) is 34.9 Å². The Labute approximate surface area is 99.9 Å². The van der Waals surface area contributed by atoms with Gasteiger partial charge < -0.3 is 15.2 Å². The first kappa shape index (κ1) is 11.5. The maximum Gasteiger partial charge on any atom is 0.330 e. The predicted octanol–water partition coefficient (Wildman–Crippen LogP) is 1.57. The molecule has 0 fully saturated rings. The van der Waals surface area contributed by atoms with Crippen molar-refractivity contribution >= 4 is 11.7 Å². The maximum atomic E-state index is 10.7. The van der Waals surface area contributed by atoms with Gasteiger partial charge in [0.2, 0.25) is 0 Å². The van der Waals surface area contributed by atoms with Gasteiger partial charge in [-0.15, -0.1) is 0 Å². The Morgan fingerprint density at radius 1 is 1.53 bits per heavy atom. The van der Waals surface area contributed by atoms with Crippen LogP contribution in [0.5, 0.6) is 5.75 Å². The molecule has 2 rings (SSSR count). The highest BCUT2D eigenvalue weighted by Gasteiger charge is 2.16. The molecule has 0 radical (unpaired) electrons. The Hall–Kier alpha value is -1.97. The molecule has 0 amide bonds. The summed E-state index contributed by atoms with van der Waals surface area (Å²) in [5, 5.41) is 11.9. The smallest absolute Gasteiger partial charge is 0.330 e. The van der Waals surface area contributed by atoms with Crippen molar-refractivity contribution in [2.75, 3.05) is 13.7 Å². The van der Waals surface area contributed by atoms with Gasteiger partial charge in [0.15, 0.2) is 0 Å². The first-order valence-corrected chi connectivity index (χ1v) is 5.48. The van der Waals surface area contributed by atoms with Crippen molar-refractivity contribution in [1.29, 1.82) is 0 Å². The molecule has 0 saturated carbocycles. The molecule has 0 saturated heterocycles. The largest absolute Gasteiger partial charge is 0.496 e. The normalized spacial score (nSPS) is 16.2. The molecule has 0 atom stereocenters. The molecule has 0 bridgehead atoms. The number of aryl methyl sites for hydroxylation is 1. The minimum Gasteiger partial charge on any atom is -0.496 e. The van der Waals surface area contributed by atoms with Gasteiger partial charge >= 0.3 is 5.97 Å². The third-order valence-electron chi connectivity index (χ3n) is 2.89. The van der Waals surface area contributed by atoms with E-state index < -0.39 is 5.97 Å². The third kappa shape index (κ3) is 2.25. The molecule has 90 valence electrons. The summed E-state index contributed by atoms with van der Waals surface area (Å²) in [7, 11) is 1.64. The summed E-state index contributed by atoms with van der Waals surface area (Å²) in [5.41, 5.74) is 3.76. The number of hydrogen-bond acceptors (Lipinski definition) is 3.